The van der Waals surface area contributed by atoms with Gasteiger partial charge in [-0.25, -0.2) is 4.79 Å². The predicted molar refractivity (Wildman–Crippen MR) is 104 cm³/mol. The summed E-state index contributed by atoms with van der Waals surface area (Å²) < 4.78 is 0. The van der Waals surface area contributed by atoms with Crippen molar-refractivity contribution >= 4 is 29.4 Å². The van der Waals surface area contributed by atoms with Crippen LogP contribution in [0.1, 0.15) is 54.4 Å². The van der Waals surface area contributed by atoms with E-state index in [2.05, 4.69) is 16.0 Å². The molecule has 1 aliphatic heterocycles. The van der Waals surface area contributed by atoms with Crippen molar-refractivity contribution in [1.82, 2.24) is 15.5 Å². The molecule has 8 nitrogen and oxygen atoms in total. The van der Waals surface area contributed by atoms with Gasteiger partial charge in [0.15, 0.2) is 0 Å². The second-order valence-electron chi connectivity index (χ2n) is 7.39. The highest BCUT2D eigenvalue weighted by atomic mass is 16.2. The summed E-state index contributed by atoms with van der Waals surface area (Å²) in [4.78, 5) is 50.4. The summed E-state index contributed by atoms with van der Waals surface area (Å²) in [6.45, 7) is 1.79. The molecule has 150 valence electrons. The van der Waals surface area contributed by atoms with Gasteiger partial charge in [0.05, 0.1) is 0 Å². The van der Waals surface area contributed by atoms with E-state index in [1.807, 2.05) is 0 Å². The SMILES string of the molecule is CNC(=O)c1cccc(NC(=O)CCN2C(=O)NC3(CCCCC3)C2=O)c1C. The van der Waals surface area contributed by atoms with Gasteiger partial charge in [-0.3, -0.25) is 19.3 Å². The number of nitrogens with one attached hydrogen (secondary N) is 3. The minimum atomic E-state index is -0.774. The molecule has 1 spiro atoms. The lowest BCUT2D eigenvalue weighted by Gasteiger charge is -2.30. The smallest absolute Gasteiger partial charge is 0.325 e. The third-order valence-electron chi connectivity index (χ3n) is 5.60. The van der Waals surface area contributed by atoms with E-state index in [0.29, 0.717) is 29.7 Å². The van der Waals surface area contributed by atoms with Gasteiger partial charge >= 0.3 is 6.03 Å². The molecule has 3 rings (SSSR count). The van der Waals surface area contributed by atoms with E-state index in [-0.39, 0.29) is 30.7 Å². The van der Waals surface area contributed by atoms with E-state index < -0.39 is 11.6 Å². The molecular formula is C20H26N4O4. The molecule has 1 saturated heterocycles. The van der Waals surface area contributed by atoms with Gasteiger partial charge in [-0.2, -0.15) is 0 Å². The Bertz CT molecular complexity index is 814. The van der Waals surface area contributed by atoms with Crippen LogP contribution < -0.4 is 16.0 Å². The third-order valence-corrected chi connectivity index (χ3v) is 5.60. The lowest BCUT2D eigenvalue weighted by atomic mass is 9.82. The first-order valence-electron chi connectivity index (χ1n) is 9.63. The van der Waals surface area contributed by atoms with Crippen molar-refractivity contribution in [1.29, 1.82) is 0 Å². The molecule has 1 aliphatic carbocycles. The van der Waals surface area contributed by atoms with Crippen LogP contribution in [0.15, 0.2) is 18.2 Å². The van der Waals surface area contributed by atoms with E-state index in [0.717, 1.165) is 24.2 Å². The van der Waals surface area contributed by atoms with E-state index in [9.17, 15) is 19.2 Å². The molecule has 1 aromatic rings. The monoisotopic (exact) mass is 386 g/mol. The second kappa shape index (κ2) is 8.00. The van der Waals surface area contributed by atoms with Crippen molar-refractivity contribution < 1.29 is 19.2 Å². The van der Waals surface area contributed by atoms with Crippen LogP contribution in [-0.2, 0) is 9.59 Å². The molecule has 1 aromatic carbocycles. The van der Waals surface area contributed by atoms with Crippen molar-refractivity contribution in [3.63, 3.8) is 0 Å². The lowest BCUT2D eigenvalue weighted by Crippen LogP contribution is -2.48. The average molecular weight is 386 g/mol. The van der Waals surface area contributed by atoms with E-state index in [1.165, 1.54) is 0 Å². The van der Waals surface area contributed by atoms with Crippen LogP contribution in [0.3, 0.4) is 0 Å². The molecule has 0 bridgehead atoms. The molecular weight excluding hydrogens is 360 g/mol. The summed E-state index contributed by atoms with van der Waals surface area (Å²) in [5, 5.41) is 8.17. The zero-order valence-corrected chi connectivity index (χ0v) is 16.3. The molecule has 2 fully saturated rings. The number of carbonyl (C=O) groups excluding carboxylic acids is 4. The first-order chi connectivity index (χ1) is 13.4. The largest absolute Gasteiger partial charge is 0.355 e. The molecule has 3 N–H and O–H groups in total. The minimum Gasteiger partial charge on any atom is -0.355 e. The summed E-state index contributed by atoms with van der Waals surface area (Å²) in [7, 11) is 1.55. The number of urea groups is 1. The van der Waals surface area contributed by atoms with Crippen LogP contribution in [0.25, 0.3) is 0 Å². The van der Waals surface area contributed by atoms with Crippen LogP contribution >= 0.6 is 0 Å². The van der Waals surface area contributed by atoms with Gasteiger partial charge in [-0.05, 0) is 37.5 Å². The molecule has 1 heterocycles. The van der Waals surface area contributed by atoms with Gasteiger partial charge in [0.25, 0.3) is 11.8 Å². The maximum atomic E-state index is 12.7. The number of nitrogens with zero attached hydrogens (tertiary/aromatic N) is 1. The number of benzene rings is 1. The highest BCUT2D eigenvalue weighted by molar-refractivity contribution is 6.07. The van der Waals surface area contributed by atoms with Crippen molar-refractivity contribution in [3.05, 3.63) is 29.3 Å². The number of rotatable bonds is 5. The summed E-state index contributed by atoms with van der Waals surface area (Å²) >= 11 is 0. The molecule has 0 atom stereocenters. The summed E-state index contributed by atoms with van der Waals surface area (Å²) in [6.07, 6.45) is 4.22. The first-order valence-corrected chi connectivity index (χ1v) is 9.63. The number of imide groups is 1. The number of amides is 5. The van der Waals surface area contributed by atoms with Gasteiger partial charge in [0, 0.05) is 31.3 Å². The Morgan fingerprint density at radius 1 is 1.18 bits per heavy atom. The number of anilines is 1. The van der Waals surface area contributed by atoms with E-state index >= 15 is 0 Å². The predicted octanol–water partition coefficient (Wildman–Crippen LogP) is 1.94. The molecule has 28 heavy (non-hydrogen) atoms. The van der Waals surface area contributed by atoms with Gasteiger partial charge in [0.2, 0.25) is 5.91 Å². The highest BCUT2D eigenvalue weighted by Crippen LogP contribution is 2.33. The fourth-order valence-corrected chi connectivity index (χ4v) is 3.95. The van der Waals surface area contributed by atoms with Crippen molar-refractivity contribution in [2.45, 2.75) is 51.0 Å². The maximum absolute atomic E-state index is 12.7. The Hall–Kier alpha value is -2.90. The normalized spacial score (nSPS) is 18.1. The van der Waals surface area contributed by atoms with E-state index in [4.69, 9.17) is 0 Å². The fourth-order valence-electron chi connectivity index (χ4n) is 3.95. The Labute approximate surface area is 164 Å². The van der Waals surface area contributed by atoms with E-state index in [1.54, 1.807) is 32.2 Å². The fraction of sp³-hybridized carbons (Fsp3) is 0.500. The van der Waals surface area contributed by atoms with Crippen molar-refractivity contribution in [2.75, 3.05) is 18.9 Å². The molecule has 0 aromatic heterocycles. The molecule has 5 amide bonds. The maximum Gasteiger partial charge on any atom is 0.325 e. The van der Waals surface area contributed by atoms with Gasteiger partial charge in [-0.1, -0.05) is 25.3 Å². The van der Waals surface area contributed by atoms with Crippen LogP contribution in [0.2, 0.25) is 0 Å². The van der Waals surface area contributed by atoms with Gasteiger partial charge in [0.1, 0.15) is 5.54 Å². The molecule has 2 aliphatic rings. The quantitative estimate of drug-likeness (QED) is 0.672. The number of hydrogen-bond donors (Lipinski definition) is 3. The highest BCUT2D eigenvalue weighted by Gasteiger charge is 2.51. The number of carbonyl (C=O) groups is 4. The first kappa shape index (κ1) is 19.9. The minimum absolute atomic E-state index is 0.00111. The summed E-state index contributed by atoms with van der Waals surface area (Å²) in [6, 6.07) is 4.67. The van der Waals surface area contributed by atoms with Crippen LogP contribution in [0.5, 0.6) is 0 Å². The Morgan fingerprint density at radius 3 is 2.57 bits per heavy atom. The molecule has 0 radical (unpaired) electrons. The van der Waals surface area contributed by atoms with Gasteiger partial charge < -0.3 is 16.0 Å². The van der Waals surface area contributed by atoms with Crippen molar-refractivity contribution in [2.24, 2.45) is 0 Å². The van der Waals surface area contributed by atoms with Gasteiger partial charge in [-0.15, -0.1) is 0 Å². The second-order valence-corrected chi connectivity index (χ2v) is 7.39. The summed E-state index contributed by atoms with van der Waals surface area (Å²) in [5.41, 5.74) is 0.900. The van der Waals surface area contributed by atoms with Crippen LogP contribution in [0.4, 0.5) is 10.5 Å². The molecule has 1 saturated carbocycles. The van der Waals surface area contributed by atoms with Crippen LogP contribution in [0, 0.1) is 6.92 Å². The average Bonchev–Trinajstić information content (AvgIpc) is 2.91. The number of hydrogen-bond acceptors (Lipinski definition) is 4. The van der Waals surface area contributed by atoms with Crippen LogP contribution in [-0.4, -0.2) is 47.8 Å². The Morgan fingerprint density at radius 2 is 1.89 bits per heavy atom. The summed E-state index contributed by atoms with van der Waals surface area (Å²) in [5.74, 6) is -0.768. The zero-order valence-electron chi connectivity index (χ0n) is 16.3. The lowest BCUT2D eigenvalue weighted by molar-refractivity contribution is -0.132. The van der Waals surface area contributed by atoms with Crippen molar-refractivity contribution in [3.8, 4) is 0 Å². The molecule has 8 heteroatoms. The standard InChI is InChI=1S/C20H26N4O4/c1-13-14(17(26)21-2)7-6-8-15(13)22-16(25)9-12-24-18(27)20(23-19(24)28)10-4-3-5-11-20/h6-8H,3-5,9-12H2,1-2H3,(H,21,26)(H,22,25)(H,23,28). The zero-order chi connectivity index (χ0) is 20.3. The third kappa shape index (κ3) is 3.72. The topological polar surface area (TPSA) is 108 Å². The molecule has 0 unspecified atom stereocenters. The Kier molecular flexibility index (Phi) is 5.67. The Balaban J connectivity index is 1.61.